The Morgan fingerprint density at radius 1 is 1.28 bits per heavy atom. The molecule has 100 valence electrons. The molecule has 0 saturated carbocycles. The van der Waals surface area contributed by atoms with Crippen molar-refractivity contribution in [2.45, 2.75) is 39.8 Å². The summed E-state index contributed by atoms with van der Waals surface area (Å²) in [6, 6.07) is 10.1. The van der Waals surface area contributed by atoms with Crippen LogP contribution in [0, 0.1) is 5.92 Å². The Bertz CT molecular complexity index is 368. The fourth-order valence-corrected chi connectivity index (χ4v) is 1.51. The third kappa shape index (κ3) is 5.82. The molecule has 3 heteroatoms. The van der Waals surface area contributed by atoms with Crippen molar-refractivity contribution >= 4 is 5.97 Å². The van der Waals surface area contributed by atoms with Crippen molar-refractivity contribution < 1.29 is 9.53 Å². The topological polar surface area (TPSA) is 38.3 Å². The van der Waals surface area contributed by atoms with Crippen LogP contribution in [0.1, 0.15) is 33.3 Å². The molecule has 0 aliphatic heterocycles. The molecule has 1 aromatic rings. The number of carbonyl (C=O) groups is 1. The highest BCUT2D eigenvalue weighted by molar-refractivity contribution is 5.72. The number of esters is 1. The van der Waals surface area contributed by atoms with E-state index in [-0.39, 0.29) is 11.9 Å². The molecule has 0 heterocycles. The van der Waals surface area contributed by atoms with Gasteiger partial charge in [0.25, 0.3) is 0 Å². The van der Waals surface area contributed by atoms with Crippen molar-refractivity contribution in [2.75, 3.05) is 6.54 Å². The number of carbonyl (C=O) groups excluding carboxylic acids is 1. The van der Waals surface area contributed by atoms with Crippen LogP contribution >= 0.6 is 0 Å². The third-order valence-corrected chi connectivity index (χ3v) is 2.43. The molecule has 1 rings (SSSR count). The quantitative estimate of drug-likeness (QED) is 0.815. The average molecular weight is 249 g/mol. The van der Waals surface area contributed by atoms with Crippen molar-refractivity contribution in [3.8, 4) is 0 Å². The highest BCUT2D eigenvalue weighted by Crippen LogP contribution is 2.10. The van der Waals surface area contributed by atoms with E-state index in [1.54, 1.807) is 0 Å². The number of rotatable bonds is 5. The zero-order chi connectivity index (χ0) is 13.6. The summed E-state index contributed by atoms with van der Waals surface area (Å²) in [6.07, 6.45) is 0. The summed E-state index contributed by atoms with van der Waals surface area (Å²) in [6.45, 7) is 8.93. The molecular formula is C15H23NO2. The van der Waals surface area contributed by atoms with E-state index >= 15 is 0 Å². The van der Waals surface area contributed by atoms with Crippen LogP contribution in [0.4, 0.5) is 0 Å². The monoisotopic (exact) mass is 249 g/mol. The van der Waals surface area contributed by atoms with Gasteiger partial charge in [-0.25, -0.2) is 0 Å². The summed E-state index contributed by atoms with van der Waals surface area (Å²) in [5.41, 5.74) is 0.805. The van der Waals surface area contributed by atoms with Crippen LogP contribution in [0.25, 0.3) is 0 Å². The lowest BCUT2D eigenvalue weighted by atomic mass is 10.1. The van der Waals surface area contributed by atoms with Crippen LogP contribution in [-0.4, -0.2) is 18.1 Å². The predicted molar refractivity (Wildman–Crippen MR) is 73.2 cm³/mol. The molecule has 3 nitrogen and oxygen atoms in total. The maximum Gasteiger partial charge on any atom is 0.310 e. The number of benzene rings is 1. The number of nitrogens with one attached hydrogen (secondary N) is 1. The molecular weight excluding hydrogens is 226 g/mol. The smallest absolute Gasteiger partial charge is 0.310 e. The first-order valence-corrected chi connectivity index (χ1v) is 6.36. The van der Waals surface area contributed by atoms with Gasteiger partial charge >= 0.3 is 5.97 Å². The number of hydrogen-bond donors (Lipinski definition) is 1. The van der Waals surface area contributed by atoms with Gasteiger partial charge in [0.05, 0.1) is 5.92 Å². The van der Waals surface area contributed by atoms with Crippen molar-refractivity contribution in [1.82, 2.24) is 5.32 Å². The fraction of sp³-hybridized carbons (Fsp3) is 0.533. The Morgan fingerprint density at radius 2 is 1.89 bits per heavy atom. The summed E-state index contributed by atoms with van der Waals surface area (Å²) in [4.78, 5) is 11.7. The standard InChI is InChI=1S/C15H23NO2/c1-12(14(17)18-15(2,3)4)10-16-11-13-8-6-5-7-9-13/h5-9,12,16H,10-11H2,1-4H3. The van der Waals surface area contributed by atoms with E-state index in [0.717, 1.165) is 6.54 Å². The van der Waals surface area contributed by atoms with E-state index in [1.807, 2.05) is 45.9 Å². The molecule has 0 aliphatic rings. The SMILES string of the molecule is CC(CNCc1ccccc1)C(=O)OC(C)(C)C. The molecule has 18 heavy (non-hydrogen) atoms. The molecule has 0 spiro atoms. The predicted octanol–water partition coefficient (Wildman–Crippen LogP) is 2.75. The van der Waals surface area contributed by atoms with E-state index < -0.39 is 5.60 Å². The largest absolute Gasteiger partial charge is 0.460 e. The minimum Gasteiger partial charge on any atom is -0.460 e. The van der Waals surface area contributed by atoms with Crippen LogP contribution in [-0.2, 0) is 16.1 Å². The molecule has 0 aliphatic carbocycles. The Kier molecular flexibility index (Phi) is 5.35. The maximum absolute atomic E-state index is 11.7. The normalized spacial score (nSPS) is 13.1. The van der Waals surface area contributed by atoms with Gasteiger partial charge in [-0.05, 0) is 26.3 Å². The Balaban J connectivity index is 2.29. The average Bonchev–Trinajstić information content (AvgIpc) is 2.28. The summed E-state index contributed by atoms with van der Waals surface area (Å²) >= 11 is 0. The van der Waals surface area contributed by atoms with Crippen LogP contribution in [0.15, 0.2) is 30.3 Å². The highest BCUT2D eigenvalue weighted by Gasteiger charge is 2.21. The van der Waals surface area contributed by atoms with Gasteiger partial charge in [0.2, 0.25) is 0 Å². The lowest BCUT2D eigenvalue weighted by molar-refractivity contribution is -0.159. The molecule has 1 atom stereocenters. The van der Waals surface area contributed by atoms with Gasteiger partial charge in [-0.1, -0.05) is 37.3 Å². The van der Waals surface area contributed by atoms with Crippen molar-refractivity contribution in [1.29, 1.82) is 0 Å². The van der Waals surface area contributed by atoms with Crippen molar-refractivity contribution in [2.24, 2.45) is 5.92 Å². The van der Waals surface area contributed by atoms with Gasteiger partial charge in [0.1, 0.15) is 5.60 Å². The molecule has 0 amide bonds. The minimum absolute atomic E-state index is 0.132. The molecule has 1 unspecified atom stereocenters. The second-order valence-corrected chi connectivity index (χ2v) is 5.55. The molecule has 1 aromatic carbocycles. The van der Waals surface area contributed by atoms with Crippen LogP contribution in [0.2, 0.25) is 0 Å². The maximum atomic E-state index is 11.7. The van der Waals surface area contributed by atoms with E-state index in [2.05, 4.69) is 17.4 Å². The lowest BCUT2D eigenvalue weighted by Crippen LogP contribution is -2.32. The highest BCUT2D eigenvalue weighted by atomic mass is 16.6. The first-order valence-electron chi connectivity index (χ1n) is 6.36. The Hall–Kier alpha value is -1.35. The number of ether oxygens (including phenoxy) is 1. The lowest BCUT2D eigenvalue weighted by Gasteiger charge is -2.22. The molecule has 0 bridgehead atoms. The molecule has 1 N–H and O–H groups in total. The van der Waals surface area contributed by atoms with E-state index in [1.165, 1.54) is 5.56 Å². The van der Waals surface area contributed by atoms with Gasteiger partial charge in [-0.3, -0.25) is 4.79 Å². The van der Waals surface area contributed by atoms with Crippen LogP contribution < -0.4 is 5.32 Å². The van der Waals surface area contributed by atoms with Gasteiger partial charge in [0, 0.05) is 13.1 Å². The van der Waals surface area contributed by atoms with Crippen molar-refractivity contribution in [3.63, 3.8) is 0 Å². The zero-order valence-electron chi connectivity index (χ0n) is 11.7. The van der Waals surface area contributed by atoms with Crippen molar-refractivity contribution in [3.05, 3.63) is 35.9 Å². The van der Waals surface area contributed by atoms with E-state index in [0.29, 0.717) is 6.54 Å². The zero-order valence-corrected chi connectivity index (χ0v) is 11.7. The second kappa shape index (κ2) is 6.55. The van der Waals surface area contributed by atoms with Gasteiger partial charge < -0.3 is 10.1 Å². The van der Waals surface area contributed by atoms with Gasteiger partial charge in [-0.2, -0.15) is 0 Å². The summed E-state index contributed by atoms with van der Waals surface area (Å²) < 4.78 is 5.32. The minimum atomic E-state index is -0.412. The first kappa shape index (κ1) is 14.7. The molecule has 0 fully saturated rings. The summed E-state index contributed by atoms with van der Waals surface area (Å²) in [7, 11) is 0. The van der Waals surface area contributed by atoms with Crippen LogP contribution in [0.5, 0.6) is 0 Å². The molecule has 0 aromatic heterocycles. The summed E-state index contributed by atoms with van der Waals surface area (Å²) in [5, 5.41) is 3.27. The first-order chi connectivity index (χ1) is 8.38. The van der Waals surface area contributed by atoms with E-state index in [4.69, 9.17) is 4.74 Å². The second-order valence-electron chi connectivity index (χ2n) is 5.55. The van der Waals surface area contributed by atoms with E-state index in [9.17, 15) is 4.79 Å². The van der Waals surface area contributed by atoms with Gasteiger partial charge in [0.15, 0.2) is 0 Å². The molecule has 0 saturated heterocycles. The van der Waals surface area contributed by atoms with Gasteiger partial charge in [-0.15, -0.1) is 0 Å². The fourth-order valence-electron chi connectivity index (χ4n) is 1.51. The third-order valence-electron chi connectivity index (χ3n) is 2.43. The Labute approximate surface area is 110 Å². The number of hydrogen-bond acceptors (Lipinski definition) is 3. The van der Waals surface area contributed by atoms with Crippen LogP contribution in [0.3, 0.4) is 0 Å². The summed E-state index contributed by atoms with van der Waals surface area (Å²) in [5.74, 6) is -0.281. The molecule has 0 radical (unpaired) electrons. The Morgan fingerprint density at radius 3 is 2.44 bits per heavy atom.